The first kappa shape index (κ1) is 19.0. The molecule has 0 fully saturated rings. The van der Waals surface area contributed by atoms with Gasteiger partial charge in [0.25, 0.3) is 0 Å². The number of carbonyl (C=O) groups is 1. The van der Waals surface area contributed by atoms with E-state index in [1.807, 2.05) is 61.5 Å². The number of halogens is 1. The van der Waals surface area contributed by atoms with Gasteiger partial charge in [-0.15, -0.1) is 12.4 Å². The minimum absolute atomic E-state index is 0. The van der Waals surface area contributed by atoms with Gasteiger partial charge in [0.1, 0.15) is 17.9 Å². The third-order valence-corrected chi connectivity index (χ3v) is 3.58. The van der Waals surface area contributed by atoms with Crippen LogP contribution in [0.25, 0.3) is 0 Å². The molecule has 0 aromatic heterocycles. The molecule has 5 heteroatoms. The Bertz CT molecular complexity index is 630. The average molecular weight is 335 g/mol. The molecule has 1 atom stereocenters. The third-order valence-electron chi connectivity index (χ3n) is 3.58. The number of nitrogens with two attached hydrogens (primary N) is 1. The molecule has 23 heavy (non-hydrogen) atoms. The Hall–Kier alpha value is -2.04. The Morgan fingerprint density at radius 1 is 1.13 bits per heavy atom. The normalized spacial score (nSPS) is 12.7. The van der Waals surface area contributed by atoms with E-state index >= 15 is 0 Å². The van der Waals surface area contributed by atoms with E-state index in [4.69, 9.17) is 10.5 Å². The van der Waals surface area contributed by atoms with Crippen LogP contribution in [0, 0.1) is 6.92 Å². The first-order valence-electron chi connectivity index (χ1n) is 7.33. The summed E-state index contributed by atoms with van der Waals surface area (Å²) in [6.07, 6.45) is 0. The van der Waals surface area contributed by atoms with Gasteiger partial charge in [0.2, 0.25) is 5.91 Å². The van der Waals surface area contributed by atoms with Crippen LogP contribution < -0.4 is 15.8 Å². The SMILES string of the molecule is Cc1ccccc1OCCNC(=O)C(C)(N)c1ccccc1.Cl. The zero-order valence-corrected chi connectivity index (χ0v) is 14.2. The van der Waals surface area contributed by atoms with Crippen LogP contribution in [0.2, 0.25) is 0 Å². The van der Waals surface area contributed by atoms with Crippen LogP contribution in [0.5, 0.6) is 5.75 Å². The summed E-state index contributed by atoms with van der Waals surface area (Å²) in [5, 5.41) is 2.82. The van der Waals surface area contributed by atoms with Gasteiger partial charge in [-0.2, -0.15) is 0 Å². The lowest BCUT2D eigenvalue weighted by atomic mass is 9.92. The van der Waals surface area contributed by atoms with E-state index in [2.05, 4.69) is 5.32 Å². The molecule has 2 aromatic carbocycles. The number of carbonyl (C=O) groups excluding carboxylic acids is 1. The zero-order chi connectivity index (χ0) is 16.0. The summed E-state index contributed by atoms with van der Waals surface area (Å²) in [6.45, 7) is 4.51. The van der Waals surface area contributed by atoms with Crippen LogP contribution in [0.15, 0.2) is 54.6 Å². The molecule has 1 unspecified atom stereocenters. The molecule has 0 saturated heterocycles. The number of para-hydroxylation sites is 1. The van der Waals surface area contributed by atoms with Crippen LogP contribution in [-0.4, -0.2) is 19.1 Å². The maximum atomic E-state index is 12.3. The van der Waals surface area contributed by atoms with Crippen molar-refractivity contribution in [1.82, 2.24) is 5.32 Å². The van der Waals surface area contributed by atoms with Crippen molar-refractivity contribution in [2.45, 2.75) is 19.4 Å². The summed E-state index contributed by atoms with van der Waals surface area (Å²) in [5.74, 6) is 0.613. The van der Waals surface area contributed by atoms with Crippen molar-refractivity contribution in [3.63, 3.8) is 0 Å². The second kappa shape index (κ2) is 8.56. The van der Waals surface area contributed by atoms with Crippen LogP contribution in [-0.2, 0) is 10.3 Å². The number of benzene rings is 2. The predicted molar refractivity (Wildman–Crippen MR) is 94.9 cm³/mol. The van der Waals surface area contributed by atoms with E-state index in [-0.39, 0.29) is 18.3 Å². The average Bonchev–Trinajstić information content (AvgIpc) is 2.53. The molecule has 0 aliphatic carbocycles. The van der Waals surface area contributed by atoms with Gasteiger partial charge in [-0.3, -0.25) is 4.79 Å². The molecule has 2 rings (SSSR count). The summed E-state index contributed by atoms with van der Waals surface area (Å²) in [4.78, 5) is 12.3. The third kappa shape index (κ3) is 4.98. The fourth-order valence-electron chi connectivity index (χ4n) is 2.14. The highest BCUT2D eigenvalue weighted by molar-refractivity contribution is 5.87. The Kier molecular flexibility index (Phi) is 7.07. The molecule has 1 amide bonds. The van der Waals surface area contributed by atoms with Gasteiger partial charge in [0.05, 0.1) is 6.54 Å². The fourth-order valence-corrected chi connectivity index (χ4v) is 2.14. The zero-order valence-electron chi connectivity index (χ0n) is 13.4. The fraction of sp³-hybridized carbons (Fsp3) is 0.278. The second-order valence-corrected chi connectivity index (χ2v) is 5.44. The van der Waals surface area contributed by atoms with E-state index in [1.54, 1.807) is 6.92 Å². The molecule has 0 saturated carbocycles. The van der Waals surface area contributed by atoms with Gasteiger partial charge >= 0.3 is 0 Å². The van der Waals surface area contributed by atoms with Gasteiger partial charge in [0, 0.05) is 0 Å². The first-order valence-corrected chi connectivity index (χ1v) is 7.33. The van der Waals surface area contributed by atoms with Crippen molar-refractivity contribution < 1.29 is 9.53 Å². The number of hydrogen-bond donors (Lipinski definition) is 2. The molecule has 3 N–H and O–H groups in total. The number of hydrogen-bond acceptors (Lipinski definition) is 3. The first-order chi connectivity index (χ1) is 10.5. The summed E-state index contributed by atoms with van der Waals surface area (Å²) in [7, 11) is 0. The minimum Gasteiger partial charge on any atom is -0.491 e. The lowest BCUT2D eigenvalue weighted by Crippen LogP contribution is -2.49. The number of rotatable bonds is 6. The van der Waals surface area contributed by atoms with E-state index in [9.17, 15) is 4.79 Å². The molecule has 4 nitrogen and oxygen atoms in total. The highest BCUT2D eigenvalue weighted by Gasteiger charge is 2.29. The molecular weight excluding hydrogens is 312 g/mol. The molecule has 0 aliphatic heterocycles. The maximum absolute atomic E-state index is 12.3. The summed E-state index contributed by atoms with van der Waals surface area (Å²) >= 11 is 0. The number of ether oxygens (including phenoxy) is 1. The Morgan fingerprint density at radius 3 is 2.39 bits per heavy atom. The minimum atomic E-state index is -1.05. The standard InChI is InChI=1S/C18H22N2O2.ClH/c1-14-8-6-7-11-16(14)22-13-12-20-17(21)18(2,19)15-9-4-3-5-10-15;/h3-11H,12-13,19H2,1-2H3,(H,20,21);1H. The molecule has 0 radical (unpaired) electrons. The van der Waals surface area contributed by atoms with Crippen molar-refractivity contribution in [3.8, 4) is 5.75 Å². The van der Waals surface area contributed by atoms with Crippen molar-refractivity contribution >= 4 is 18.3 Å². The van der Waals surface area contributed by atoms with Gasteiger partial charge in [0.15, 0.2) is 0 Å². The molecular formula is C18H23ClN2O2. The van der Waals surface area contributed by atoms with Crippen LogP contribution in [0.1, 0.15) is 18.1 Å². The van der Waals surface area contributed by atoms with E-state index in [1.165, 1.54) is 0 Å². The van der Waals surface area contributed by atoms with Crippen LogP contribution in [0.4, 0.5) is 0 Å². The lowest BCUT2D eigenvalue weighted by molar-refractivity contribution is -0.126. The van der Waals surface area contributed by atoms with Gasteiger partial charge in [-0.25, -0.2) is 0 Å². The smallest absolute Gasteiger partial charge is 0.244 e. The summed E-state index contributed by atoms with van der Waals surface area (Å²) < 4.78 is 5.65. The topological polar surface area (TPSA) is 64.3 Å². The number of amides is 1. The molecule has 0 spiro atoms. The highest BCUT2D eigenvalue weighted by Crippen LogP contribution is 2.17. The van der Waals surface area contributed by atoms with Crippen molar-refractivity contribution in [3.05, 3.63) is 65.7 Å². The molecule has 0 heterocycles. The predicted octanol–water partition coefficient (Wildman–Crippen LogP) is 2.79. The maximum Gasteiger partial charge on any atom is 0.244 e. The Morgan fingerprint density at radius 2 is 1.74 bits per heavy atom. The van der Waals surface area contributed by atoms with Crippen molar-refractivity contribution in [2.75, 3.05) is 13.2 Å². The summed E-state index contributed by atoms with van der Waals surface area (Å²) in [5.41, 5.74) is 6.95. The molecule has 0 aliphatic rings. The Labute approximate surface area is 143 Å². The lowest BCUT2D eigenvalue weighted by Gasteiger charge is -2.24. The number of nitrogens with one attached hydrogen (secondary N) is 1. The molecule has 0 bridgehead atoms. The number of aryl methyl sites for hydroxylation is 1. The highest BCUT2D eigenvalue weighted by atomic mass is 35.5. The second-order valence-electron chi connectivity index (χ2n) is 5.44. The summed E-state index contributed by atoms with van der Waals surface area (Å²) in [6, 6.07) is 17.1. The van der Waals surface area contributed by atoms with E-state index in [0.29, 0.717) is 13.2 Å². The largest absolute Gasteiger partial charge is 0.491 e. The van der Waals surface area contributed by atoms with Gasteiger partial charge in [-0.05, 0) is 31.0 Å². The van der Waals surface area contributed by atoms with Crippen molar-refractivity contribution in [2.24, 2.45) is 5.73 Å². The van der Waals surface area contributed by atoms with Gasteiger partial charge in [-0.1, -0.05) is 48.5 Å². The Balaban J connectivity index is 0.00000264. The quantitative estimate of drug-likeness (QED) is 0.798. The van der Waals surface area contributed by atoms with Crippen molar-refractivity contribution in [1.29, 1.82) is 0 Å². The van der Waals surface area contributed by atoms with Crippen LogP contribution >= 0.6 is 12.4 Å². The van der Waals surface area contributed by atoms with E-state index in [0.717, 1.165) is 16.9 Å². The van der Waals surface area contributed by atoms with Gasteiger partial charge < -0.3 is 15.8 Å². The molecule has 2 aromatic rings. The molecule has 124 valence electrons. The van der Waals surface area contributed by atoms with E-state index < -0.39 is 5.54 Å². The monoisotopic (exact) mass is 334 g/mol. The van der Waals surface area contributed by atoms with Crippen LogP contribution in [0.3, 0.4) is 0 Å².